The van der Waals surface area contributed by atoms with Crippen LogP contribution in [0.1, 0.15) is 40.5 Å². The summed E-state index contributed by atoms with van der Waals surface area (Å²) in [7, 11) is 9.36. The van der Waals surface area contributed by atoms with Crippen LogP contribution in [0.25, 0.3) is 0 Å². The zero-order valence-electron chi connectivity index (χ0n) is 17.2. The number of carbonyl (C=O) groups excluding carboxylic acids is 1. The lowest BCUT2D eigenvalue weighted by molar-refractivity contribution is -0.902. The molecule has 2 aliphatic rings. The first-order chi connectivity index (χ1) is 10.7. The number of piperidine rings is 2. The molecule has 144 valence electrons. The lowest BCUT2D eigenvalue weighted by Gasteiger charge is -2.40. The summed E-state index contributed by atoms with van der Waals surface area (Å²) in [6, 6.07) is 0. The fourth-order valence-corrected chi connectivity index (χ4v) is 5.20. The van der Waals surface area contributed by atoms with Crippen LogP contribution in [-0.2, 0) is 0 Å². The molecule has 5 heteroatoms. The molecule has 24 heavy (non-hydrogen) atoms. The average molecular weight is 345 g/mol. The van der Waals surface area contributed by atoms with Crippen molar-refractivity contribution in [1.29, 1.82) is 0 Å². The SMILES string of the molecule is CC1CC(C)C[N+](C)(C)C1.CC1CC(C)C[N+](C)(C)C1.O=C([O-])[O-]. The number of carbonyl (C=O) groups is 1. The summed E-state index contributed by atoms with van der Waals surface area (Å²) in [5.74, 6) is 3.72. The van der Waals surface area contributed by atoms with Gasteiger partial charge in [-0.1, -0.05) is 27.7 Å². The van der Waals surface area contributed by atoms with Crippen molar-refractivity contribution in [2.75, 3.05) is 54.4 Å². The van der Waals surface area contributed by atoms with Crippen molar-refractivity contribution in [2.45, 2.75) is 40.5 Å². The average Bonchev–Trinajstić information content (AvgIpc) is 2.20. The summed E-state index contributed by atoms with van der Waals surface area (Å²) in [4.78, 5) is 8.33. The maximum atomic E-state index is 8.33. The number of hydrogen-bond acceptors (Lipinski definition) is 3. The van der Waals surface area contributed by atoms with E-state index in [1.807, 2.05) is 0 Å². The van der Waals surface area contributed by atoms with Gasteiger partial charge in [0.1, 0.15) is 0 Å². The summed E-state index contributed by atoms with van der Waals surface area (Å²) in [5, 5.41) is 16.7. The van der Waals surface area contributed by atoms with Crippen molar-refractivity contribution in [2.24, 2.45) is 23.7 Å². The third-order valence-electron chi connectivity index (χ3n) is 4.83. The molecular formula is C19H40N2O3. The minimum atomic E-state index is -2.33. The number of nitrogens with zero attached hydrogens (tertiary/aromatic N) is 2. The van der Waals surface area contributed by atoms with Gasteiger partial charge in [0.05, 0.1) is 54.4 Å². The molecule has 2 heterocycles. The highest BCUT2D eigenvalue weighted by Gasteiger charge is 2.29. The Morgan fingerprint density at radius 1 is 0.667 bits per heavy atom. The topological polar surface area (TPSA) is 63.2 Å². The van der Waals surface area contributed by atoms with Crippen molar-refractivity contribution in [3.8, 4) is 0 Å². The predicted molar refractivity (Wildman–Crippen MR) is 95.0 cm³/mol. The quantitative estimate of drug-likeness (QED) is 0.617. The van der Waals surface area contributed by atoms with Crippen LogP contribution in [0.4, 0.5) is 4.79 Å². The summed E-state index contributed by atoms with van der Waals surface area (Å²) in [5.41, 5.74) is 0. The van der Waals surface area contributed by atoms with E-state index in [-0.39, 0.29) is 0 Å². The van der Waals surface area contributed by atoms with Crippen molar-refractivity contribution in [3.05, 3.63) is 0 Å². The minimum absolute atomic E-state index is 0.929. The molecule has 4 unspecified atom stereocenters. The van der Waals surface area contributed by atoms with Gasteiger partial charge in [0, 0.05) is 23.7 Å². The van der Waals surface area contributed by atoms with Crippen LogP contribution >= 0.6 is 0 Å². The second kappa shape index (κ2) is 9.62. The van der Waals surface area contributed by atoms with Gasteiger partial charge in [-0.25, -0.2) is 0 Å². The summed E-state index contributed by atoms with van der Waals surface area (Å²) in [6.07, 6.45) is 0.531. The van der Waals surface area contributed by atoms with E-state index in [0.29, 0.717) is 0 Å². The Kier molecular flexibility index (Phi) is 9.29. The molecule has 0 aliphatic carbocycles. The molecule has 2 fully saturated rings. The van der Waals surface area contributed by atoms with Crippen LogP contribution in [-0.4, -0.2) is 69.5 Å². The van der Waals surface area contributed by atoms with Gasteiger partial charge < -0.3 is 24.0 Å². The Morgan fingerprint density at radius 3 is 0.958 bits per heavy atom. The van der Waals surface area contributed by atoms with Crippen LogP contribution in [0.5, 0.6) is 0 Å². The Labute approximate surface area is 149 Å². The van der Waals surface area contributed by atoms with Gasteiger partial charge in [0.2, 0.25) is 0 Å². The maximum absolute atomic E-state index is 8.33. The largest absolute Gasteiger partial charge is 0.652 e. The fraction of sp³-hybridized carbons (Fsp3) is 0.947. The second-order valence-electron chi connectivity index (χ2n) is 9.74. The molecule has 0 spiro atoms. The van der Waals surface area contributed by atoms with Gasteiger partial charge in [-0.05, 0) is 19.0 Å². The molecule has 0 N–H and O–H groups in total. The van der Waals surface area contributed by atoms with Crippen LogP contribution in [0, 0.1) is 23.7 Å². The monoisotopic (exact) mass is 344 g/mol. The highest BCUT2D eigenvalue weighted by Crippen LogP contribution is 2.24. The van der Waals surface area contributed by atoms with Gasteiger partial charge in [-0.3, -0.25) is 0 Å². The molecule has 0 amide bonds. The first-order valence-corrected chi connectivity index (χ1v) is 9.24. The molecule has 0 radical (unpaired) electrons. The lowest BCUT2D eigenvalue weighted by Crippen LogP contribution is -2.49. The molecule has 0 aromatic rings. The molecule has 0 bridgehead atoms. The second-order valence-corrected chi connectivity index (χ2v) is 9.74. The Balaban J connectivity index is 0.000000363. The van der Waals surface area contributed by atoms with Crippen LogP contribution in [0.15, 0.2) is 0 Å². The van der Waals surface area contributed by atoms with Crippen molar-refractivity contribution < 1.29 is 24.0 Å². The Morgan fingerprint density at radius 2 is 0.833 bits per heavy atom. The molecular weight excluding hydrogens is 304 g/mol. The van der Waals surface area contributed by atoms with Gasteiger partial charge in [-0.15, -0.1) is 0 Å². The summed E-state index contributed by atoms with van der Waals surface area (Å²) >= 11 is 0. The van der Waals surface area contributed by atoms with E-state index in [1.165, 1.54) is 48.0 Å². The van der Waals surface area contributed by atoms with Crippen molar-refractivity contribution in [3.63, 3.8) is 0 Å². The molecule has 0 saturated carbocycles. The van der Waals surface area contributed by atoms with E-state index in [2.05, 4.69) is 55.9 Å². The summed E-state index contributed by atoms with van der Waals surface area (Å²) < 4.78 is 2.45. The molecule has 0 aromatic carbocycles. The highest BCUT2D eigenvalue weighted by molar-refractivity contribution is 5.47. The number of carboxylic acid groups (broad SMARTS) is 2. The number of quaternary nitrogens is 2. The Bertz CT molecular complexity index is 325. The third-order valence-corrected chi connectivity index (χ3v) is 4.83. The summed E-state index contributed by atoms with van der Waals surface area (Å²) in [6.45, 7) is 14.9. The van der Waals surface area contributed by atoms with Crippen molar-refractivity contribution >= 4 is 6.16 Å². The van der Waals surface area contributed by atoms with Crippen LogP contribution in [0.3, 0.4) is 0 Å². The molecule has 2 aliphatic heterocycles. The van der Waals surface area contributed by atoms with E-state index in [4.69, 9.17) is 15.0 Å². The van der Waals surface area contributed by atoms with E-state index < -0.39 is 6.16 Å². The zero-order valence-corrected chi connectivity index (χ0v) is 17.2. The van der Waals surface area contributed by atoms with Crippen molar-refractivity contribution in [1.82, 2.24) is 0 Å². The molecule has 2 rings (SSSR count). The number of hydrogen-bond donors (Lipinski definition) is 0. The van der Waals surface area contributed by atoms with Gasteiger partial charge in [-0.2, -0.15) is 0 Å². The number of rotatable bonds is 0. The normalized spacial score (nSPS) is 34.0. The smallest absolute Gasteiger partial charge is 0.0808 e. The van der Waals surface area contributed by atoms with E-state index in [0.717, 1.165) is 23.7 Å². The van der Waals surface area contributed by atoms with E-state index in [1.54, 1.807) is 0 Å². The number of likely N-dealkylation sites (tertiary alicyclic amines) is 2. The molecule has 5 nitrogen and oxygen atoms in total. The fourth-order valence-electron chi connectivity index (χ4n) is 5.20. The van der Waals surface area contributed by atoms with Crippen LogP contribution in [0.2, 0.25) is 0 Å². The van der Waals surface area contributed by atoms with Gasteiger partial charge >= 0.3 is 0 Å². The Hall–Kier alpha value is -0.810. The van der Waals surface area contributed by atoms with Gasteiger partial charge in [0.15, 0.2) is 0 Å². The molecule has 2 saturated heterocycles. The predicted octanol–water partition coefficient (Wildman–Crippen LogP) is 1.03. The van der Waals surface area contributed by atoms with E-state index >= 15 is 0 Å². The third kappa shape index (κ3) is 11.7. The van der Waals surface area contributed by atoms with E-state index in [9.17, 15) is 0 Å². The first kappa shape index (κ1) is 23.2. The molecule has 4 atom stereocenters. The highest BCUT2D eigenvalue weighted by atomic mass is 16.6. The van der Waals surface area contributed by atoms with Gasteiger partial charge in [0.25, 0.3) is 0 Å². The maximum Gasteiger partial charge on any atom is 0.0808 e. The first-order valence-electron chi connectivity index (χ1n) is 9.24. The molecule has 0 aromatic heterocycles. The zero-order chi connectivity index (χ0) is 19.1. The van der Waals surface area contributed by atoms with Crippen LogP contribution < -0.4 is 10.2 Å². The lowest BCUT2D eigenvalue weighted by atomic mass is 9.91. The minimum Gasteiger partial charge on any atom is -0.652 e. The standard InChI is InChI=1S/2C9H20N.CH2O3/c2*1-8-5-9(2)7-10(3,4)6-8;2-1(3)4/h2*8-9H,5-7H2,1-4H3;(H2,2,3,4)/q2*+1;/p-2.